The molecule has 3 aromatic heterocycles. The Labute approximate surface area is 180 Å². The Morgan fingerprint density at radius 1 is 1.16 bits per heavy atom. The highest BCUT2D eigenvalue weighted by Crippen LogP contribution is 2.26. The van der Waals surface area contributed by atoms with Crippen molar-refractivity contribution >= 4 is 17.5 Å². The van der Waals surface area contributed by atoms with Gasteiger partial charge in [0.25, 0.3) is 18.8 Å². The van der Waals surface area contributed by atoms with Crippen molar-refractivity contribution in [3.8, 4) is 0 Å². The number of hydrogen-bond donors (Lipinski definition) is 1. The summed E-state index contributed by atoms with van der Waals surface area (Å²) in [5.74, 6) is -0.377. The van der Waals surface area contributed by atoms with Crippen molar-refractivity contribution in [1.29, 1.82) is 0 Å². The highest BCUT2D eigenvalue weighted by molar-refractivity contribution is 6.31. The summed E-state index contributed by atoms with van der Waals surface area (Å²) in [6, 6.07) is 3.44. The van der Waals surface area contributed by atoms with Gasteiger partial charge in [-0.15, -0.1) is 0 Å². The molecule has 1 amide bonds. The van der Waals surface area contributed by atoms with Crippen LogP contribution >= 0.6 is 11.6 Å². The van der Waals surface area contributed by atoms with Gasteiger partial charge in [0.05, 0.1) is 23.0 Å². The third-order valence-corrected chi connectivity index (χ3v) is 5.14. The van der Waals surface area contributed by atoms with Gasteiger partial charge >= 0.3 is 0 Å². The summed E-state index contributed by atoms with van der Waals surface area (Å²) in [5, 5.41) is 11.1. The van der Waals surface area contributed by atoms with Crippen molar-refractivity contribution in [2.24, 2.45) is 0 Å². The molecule has 31 heavy (non-hydrogen) atoms. The largest absolute Gasteiger partial charge is 0.454 e. The second-order valence-electron chi connectivity index (χ2n) is 6.84. The molecule has 3 rings (SSSR count). The Balaban J connectivity index is 1.55. The van der Waals surface area contributed by atoms with Crippen molar-refractivity contribution in [3.63, 3.8) is 0 Å². The molecule has 0 saturated carbocycles. The summed E-state index contributed by atoms with van der Waals surface area (Å²) in [4.78, 5) is 12.2. The number of carbonyl (C=O) groups excluding carboxylic acids is 1. The van der Waals surface area contributed by atoms with Crippen LogP contribution in [0, 0.1) is 13.8 Å². The Morgan fingerprint density at radius 3 is 2.52 bits per heavy atom. The van der Waals surface area contributed by atoms with Gasteiger partial charge in [-0.3, -0.25) is 14.2 Å². The summed E-state index contributed by atoms with van der Waals surface area (Å²) in [6.07, 6.45) is -5.35. The van der Waals surface area contributed by atoms with E-state index in [0.717, 1.165) is 16.1 Å². The van der Waals surface area contributed by atoms with Crippen LogP contribution in [0.3, 0.4) is 0 Å². The molecule has 0 atom stereocenters. The minimum absolute atomic E-state index is 0.0241. The first kappa shape index (κ1) is 22.9. The molecule has 0 radical (unpaired) electrons. The van der Waals surface area contributed by atoms with Gasteiger partial charge in [-0.05, 0) is 38.5 Å². The average Bonchev–Trinajstić information content (AvgIpc) is 3.41. The minimum Gasteiger partial charge on any atom is -0.454 e. The number of hydrogen-bond acceptors (Lipinski definition) is 4. The predicted molar refractivity (Wildman–Crippen MR) is 104 cm³/mol. The quantitative estimate of drug-likeness (QED) is 0.370. The van der Waals surface area contributed by atoms with Gasteiger partial charge in [0, 0.05) is 13.1 Å². The number of alkyl halides is 4. The number of carbonyl (C=O) groups is 1. The summed E-state index contributed by atoms with van der Waals surface area (Å²) >= 11 is 6.10. The van der Waals surface area contributed by atoms with Gasteiger partial charge in [0.15, 0.2) is 5.76 Å². The number of amides is 1. The van der Waals surface area contributed by atoms with Crippen LogP contribution in [0.5, 0.6) is 0 Å². The maximum absolute atomic E-state index is 13.1. The Hall–Kier alpha value is -2.82. The van der Waals surface area contributed by atoms with Crippen molar-refractivity contribution in [3.05, 3.63) is 57.5 Å². The lowest BCUT2D eigenvalue weighted by Crippen LogP contribution is -2.25. The molecule has 0 aliphatic heterocycles. The van der Waals surface area contributed by atoms with Crippen LogP contribution in [0.15, 0.2) is 22.6 Å². The smallest absolute Gasteiger partial charge is 0.286 e. The van der Waals surface area contributed by atoms with Crippen LogP contribution in [-0.2, 0) is 13.1 Å². The highest BCUT2D eigenvalue weighted by Gasteiger charge is 2.22. The average molecular weight is 462 g/mol. The molecule has 3 heterocycles. The first-order valence-electron chi connectivity index (χ1n) is 9.37. The first-order chi connectivity index (χ1) is 14.7. The fourth-order valence-electron chi connectivity index (χ4n) is 3.00. The zero-order valence-corrected chi connectivity index (χ0v) is 17.5. The molecule has 0 unspecified atom stereocenters. The minimum atomic E-state index is -2.98. The molecular weight excluding hydrogens is 442 g/mol. The van der Waals surface area contributed by atoms with E-state index in [2.05, 4.69) is 15.5 Å². The second-order valence-corrected chi connectivity index (χ2v) is 7.21. The van der Waals surface area contributed by atoms with E-state index in [1.807, 2.05) is 13.8 Å². The monoisotopic (exact) mass is 461 g/mol. The SMILES string of the molecule is Cc1nn(CCCNC(=O)c2ccc(Cn3nc(C(F)F)cc3C(F)F)o2)c(C)c1Cl. The number of nitrogens with one attached hydrogen (secondary N) is 1. The molecule has 0 aliphatic carbocycles. The lowest BCUT2D eigenvalue weighted by molar-refractivity contribution is 0.0922. The van der Waals surface area contributed by atoms with E-state index in [1.165, 1.54) is 12.1 Å². The molecule has 0 aliphatic rings. The van der Waals surface area contributed by atoms with Crippen molar-refractivity contribution in [1.82, 2.24) is 24.9 Å². The molecular formula is C19H20ClF4N5O2. The fraction of sp³-hybridized carbons (Fsp3) is 0.421. The maximum atomic E-state index is 13.1. The third-order valence-electron chi connectivity index (χ3n) is 4.59. The molecule has 0 bridgehead atoms. The van der Waals surface area contributed by atoms with Crippen LogP contribution in [0.4, 0.5) is 17.6 Å². The summed E-state index contributed by atoms with van der Waals surface area (Å²) in [6.45, 7) is 4.26. The van der Waals surface area contributed by atoms with Crippen molar-refractivity contribution in [2.45, 2.75) is 46.2 Å². The number of furan rings is 1. The van der Waals surface area contributed by atoms with Crippen LogP contribution < -0.4 is 5.32 Å². The van der Waals surface area contributed by atoms with E-state index in [9.17, 15) is 22.4 Å². The van der Waals surface area contributed by atoms with E-state index in [0.29, 0.717) is 30.6 Å². The molecule has 0 aromatic carbocycles. The van der Waals surface area contributed by atoms with E-state index >= 15 is 0 Å². The zero-order chi connectivity index (χ0) is 22.7. The van der Waals surface area contributed by atoms with Crippen LogP contribution in [0.1, 0.15) is 58.4 Å². The molecule has 7 nitrogen and oxygen atoms in total. The number of rotatable bonds is 9. The van der Waals surface area contributed by atoms with E-state index in [4.69, 9.17) is 16.0 Å². The van der Waals surface area contributed by atoms with Crippen LogP contribution in [0.25, 0.3) is 0 Å². The summed E-state index contributed by atoms with van der Waals surface area (Å²) < 4.78 is 59.5. The Morgan fingerprint density at radius 2 is 1.90 bits per heavy atom. The molecule has 0 saturated heterocycles. The predicted octanol–water partition coefficient (Wildman–Crippen LogP) is 4.69. The normalized spacial score (nSPS) is 11.6. The zero-order valence-electron chi connectivity index (χ0n) is 16.7. The highest BCUT2D eigenvalue weighted by atomic mass is 35.5. The Bertz CT molecular complexity index is 1060. The standard InChI is InChI=1S/C19H20ClF4N5O2/c1-10-16(20)11(2)28(26-10)7-3-6-25-19(30)15-5-4-12(31-15)9-29-14(18(23)24)8-13(27-29)17(21)22/h4-5,8,17-18H,3,6-7,9H2,1-2H3,(H,25,30). The van der Waals surface area contributed by atoms with E-state index in [-0.39, 0.29) is 18.1 Å². The van der Waals surface area contributed by atoms with Gasteiger partial charge in [-0.25, -0.2) is 17.6 Å². The molecule has 12 heteroatoms. The van der Waals surface area contributed by atoms with Crippen LogP contribution in [0.2, 0.25) is 5.02 Å². The summed E-state index contributed by atoms with van der Waals surface area (Å²) in [7, 11) is 0. The number of aryl methyl sites for hydroxylation is 2. The Kier molecular flexibility index (Phi) is 7.04. The first-order valence-corrected chi connectivity index (χ1v) is 9.75. The van der Waals surface area contributed by atoms with Crippen molar-refractivity contribution in [2.75, 3.05) is 6.54 Å². The maximum Gasteiger partial charge on any atom is 0.286 e. The van der Waals surface area contributed by atoms with E-state index < -0.39 is 30.1 Å². The molecule has 1 N–H and O–H groups in total. The van der Waals surface area contributed by atoms with Gasteiger partial charge in [0.2, 0.25) is 0 Å². The molecule has 3 aromatic rings. The topological polar surface area (TPSA) is 77.9 Å². The van der Waals surface area contributed by atoms with Gasteiger partial charge < -0.3 is 9.73 Å². The lowest BCUT2D eigenvalue weighted by Gasteiger charge is -2.06. The second kappa shape index (κ2) is 9.54. The third kappa shape index (κ3) is 5.27. The van der Waals surface area contributed by atoms with Gasteiger partial charge in [0.1, 0.15) is 17.1 Å². The number of aromatic nitrogens is 4. The van der Waals surface area contributed by atoms with Gasteiger partial charge in [-0.1, -0.05) is 11.6 Å². The number of halogens is 5. The molecule has 0 spiro atoms. The van der Waals surface area contributed by atoms with Gasteiger partial charge in [-0.2, -0.15) is 10.2 Å². The van der Waals surface area contributed by atoms with Crippen LogP contribution in [-0.4, -0.2) is 32.0 Å². The molecule has 168 valence electrons. The fourth-order valence-corrected chi connectivity index (χ4v) is 3.14. The summed E-state index contributed by atoms with van der Waals surface area (Å²) in [5.41, 5.74) is 0.183. The number of nitrogens with zero attached hydrogens (tertiary/aromatic N) is 4. The lowest BCUT2D eigenvalue weighted by atomic mass is 10.3. The molecule has 0 fully saturated rings. The van der Waals surface area contributed by atoms with Crippen molar-refractivity contribution < 1.29 is 26.8 Å². The van der Waals surface area contributed by atoms with E-state index in [1.54, 1.807) is 4.68 Å².